The zero-order valence-electron chi connectivity index (χ0n) is 12.8. The zero-order chi connectivity index (χ0) is 16.2. The Morgan fingerprint density at radius 3 is 2.52 bits per heavy atom. The highest BCUT2D eigenvalue weighted by molar-refractivity contribution is 5.94. The topological polar surface area (TPSA) is 55.1 Å². The van der Waals surface area contributed by atoms with Gasteiger partial charge in [0, 0.05) is 16.7 Å². The number of aryl methyl sites for hydroxylation is 1. The standard InChI is InChI=1S/C20H16N2O/c1-14-6-9-19(20(23)22-21)13-17(14)11-8-15-7-10-16-4-2-3-5-18(16)12-15/h2-7,9-10,12-13H,21H2,1H3,(H,22,23). The van der Waals surface area contributed by atoms with Crippen molar-refractivity contribution in [3.05, 3.63) is 82.9 Å². The van der Waals surface area contributed by atoms with Crippen molar-refractivity contribution < 1.29 is 4.79 Å². The van der Waals surface area contributed by atoms with Crippen LogP contribution in [0.2, 0.25) is 0 Å². The van der Waals surface area contributed by atoms with Crippen molar-refractivity contribution in [3.63, 3.8) is 0 Å². The second kappa shape index (κ2) is 6.35. The van der Waals surface area contributed by atoms with E-state index in [0.29, 0.717) is 5.56 Å². The van der Waals surface area contributed by atoms with Crippen molar-refractivity contribution >= 4 is 16.7 Å². The molecule has 0 aliphatic rings. The third-order valence-electron chi connectivity index (χ3n) is 3.72. The van der Waals surface area contributed by atoms with Gasteiger partial charge in [0.1, 0.15) is 0 Å². The minimum absolute atomic E-state index is 0.321. The maximum absolute atomic E-state index is 11.6. The molecule has 3 aromatic rings. The largest absolute Gasteiger partial charge is 0.290 e. The van der Waals surface area contributed by atoms with E-state index >= 15 is 0 Å². The van der Waals surface area contributed by atoms with Crippen molar-refractivity contribution in [3.8, 4) is 11.8 Å². The Bertz CT molecular complexity index is 949. The smallest absolute Gasteiger partial charge is 0.265 e. The Morgan fingerprint density at radius 2 is 1.74 bits per heavy atom. The molecule has 3 aromatic carbocycles. The van der Waals surface area contributed by atoms with Crippen molar-refractivity contribution in [2.24, 2.45) is 5.84 Å². The summed E-state index contributed by atoms with van der Waals surface area (Å²) in [4.78, 5) is 11.6. The number of carbonyl (C=O) groups excluding carboxylic acids is 1. The third kappa shape index (κ3) is 3.23. The summed E-state index contributed by atoms with van der Waals surface area (Å²) in [6.07, 6.45) is 0. The first-order valence-electron chi connectivity index (χ1n) is 7.30. The van der Waals surface area contributed by atoms with Gasteiger partial charge in [-0.2, -0.15) is 0 Å². The Morgan fingerprint density at radius 1 is 0.957 bits per heavy atom. The van der Waals surface area contributed by atoms with Gasteiger partial charge in [-0.1, -0.05) is 48.2 Å². The third-order valence-corrected chi connectivity index (χ3v) is 3.72. The maximum atomic E-state index is 11.6. The lowest BCUT2D eigenvalue weighted by atomic mass is 10.0. The maximum Gasteiger partial charge on any atom is 0.265 e. The second-order valence-corrected chi connectivity index (χ2v) is 5.32. The highest BCUT2D eigenvalue weighted by Gasteiger charge is 2.05. The van der Waals surface area contributed by atoms with Gasteiger partial charge in [-0.25, -0.2) is 5.84 Å². The van der Waals surface area contributed by atoms with Crippen LogP contribution in [-0.2, 0) is 0 Å². The van der Waals surface area contributed by atoms with Crippen LogP contribution in [0.25, 0.3) is 10.8 Å². The van der Waals surface area contributed by atoms with E-state index < -0.39 is 0 Å². The first-order valence-corrected chi connectivity index (χ1v) is 7.30. The molecule has 3 rings (SSSR count). The molecule has 3 N–H and O–H groups in total. The summed E-state index contributed by atoms with van der Waals surface area (Å²) < 4.78 is 0. The average molecular weight is 300 g/mol. The molecule has 0 saturated carbocycles. The Hall–Kier alpha value is -3.09. The van der Waals surface area contributed by atoms with Crippen LogP contribution in [0.5, 0.6) is 0 Å². The molecule has 0 aliphatic heterocycles. The van der Waals surface area contributed by atoms with E-state index in [-0.39, 0.29) is 5.91 Å². The molecule has 0 fully saturated rings. The van der Waals surface area contributed by atoms with Gasteiger partial charge in [0.15, 0.2) is 0 Å². The number of hydrogen-bond donors (Lipinski definition) is 2. The average Bonchev–Trinajstić information content (AvgIpc) is 2.60. The highest BCUT2D eigenvalue weighted by Crippen LogP contribution is 2.15. The summed E-state index contributed by atoms with van der Waals surface area (Å²) >= 11 is 0. The van der Waals surface area contributed by atoms with Crippen LogP contribution in [0.4, 0.5) is 0 Å². The van der Waals surface area contributed by atoms with Gasteiger partial charge in [0.25, 0.3) is 5.91 Å². The first-order chi connectivity index (χ1) is 11.2. The van der Waals surface area contributed by atoms with E-state index in [2.05, 4.69) is 41.5 Å². The van der Waals surface area contributed by atoms with E-state index in [1.54, 1.807) is 12.1 Å². The van der Waals surface area contributed by atoms with E-state index in [1.165, 1.54) is 5.39 Å². The van der Waals surface area contributed by atoms with E-state index in [0.717, 1.165) is 22.1 Å². The Kier molecular flexibility index (Phi) is 4.09. The van der Waals surface area contributed by atoms with E-state index in [9.17, 15) is 4.79 Å². The van der Waals surface area contributed by atoms with Crippen molar-refractivity contribution in [2.45, 2.75) is 6.92 Å². The summed E-state index contributed by atoms with van der Waals surface area (Å²) in [6.45, 7) is 1.97. The predicted octanol–water partition coefficient (Wildman–Crippen LogP) is 3.15. The normalized spacial score (nSPS) is 10.0. The number of hydrogen-bond acceptors (Lipinski definition) is 2. The molecule has 0 spiro atoms. The van der Waals surface area contributed by atoms with Crippen LogP contribution in [-0.4, -0.2) is 5.91 Å². The molecular weight excluding hydrogens is 284 g/mol. The quantitative estimate of drug-likeness (QED) is 0.314. The van der Waals surface area contributed by atoms with Crippen molar-refractivity contribution in [1.82, 2.24) is 5.43 Å². The molecule has 0 aliphatic carbocycles. The number of nitrogen functional groups attached to an aromatic ring is 1. The van der Waals surface area contributed by atoms with Gasteiger partial charge in [-0.15, -0.1) is 0 Å². The number of nitrogens with two attached hydrogens (primary N) is 1. The molecule has 0 aromatic heterocycles. The van der Waals surface area contributed by atoms with Crippen molar-refractivity contribution in [1.29, 1.82) is 0 Å². The monoisotopic (exact) mass is 300 g/mol. The minimum atomic E-state index is -0.321. The molecule has 0 bridgehead atoms. The lowest BCUT2D eigenvalue weighted by Gasteiger charge is -2.03. The van der Waals surface area contributed by atoms with Gasteiger partial charge in [-0.05, 0) is 47.5 Å². The fraction of sp³-hybridized carbons (Fsp3) is 0.0500. The lowest BCUT2D eigenvalue weighted by Crippen LogP contribution is -2.30. The highest BCUT2D eigenvalue weighted by atomic mass is 16.2. The van der Waals surface area contributed by atoms with Gasteiger partial charge < -0.3 is 0 Å². The Labute approximate surface area is 135 Å². The molecule has 0 radical (unpaired) electrons. The molecule has 0 atom stereocenters. The molecule has 3 nitrogen and oxygen atoms in total. The summed E-state index contributed by atoms with van der Waals surface area (Å²) in [7, 11) is 0. The van der Waals surface area contributed by atoms with Gasteiger partial charge >= 0.3 is 0 Å². The number of fused-ring (bicyclic) bond motifs is 1. The van der Waals surface area contributed by atoms with Crippen LogP contribution in [0.1, 0.15) is 27.0 Å². The molecular formula is C20H16N2O. The van der Waals surface area contributed by atoms with Crippen LogP contribution >= 0.6 is 0 Å². The summed E-state index contributed by atoms with van der Waals surface area (Å²) in [6, 6.07) is 19.7. The molecule has 0 unspecified atom stereocenters. The number of amides is 1. The molecule has 3 heteroatoms. The second-order valence-electron chi connectivity index (χ2n) is 5.32. The lowest BCUT2D eigenvalue weighted by molar-refractivity contribution is 0.0953. The van der Waals surface area contributed by atoms with Crippen LogP contribution in [0, 0.1) is 18.8 Å². The fourth-order valence-electron chi connectivity index (χ4n) is 2.39. The van der Waals surface area contributed by atoms with Gasteiger partial charge in [0.05, 0.1) is 0 Å². The number of carbonyl (C=O) groups is 1. The summed E-state index contributed by atoms with van der Waals surface area (Å²) in [5.41, 5.74) is 5.42. The number of benzene rings is 3. The molecule has 0 saturated heterocycles. The number of nitrogens with one attached hydrogen (secondary N) is 1. The van der Waals surface area contributed by atoms with E-state index in [4.69, 9.17) is 5.84 Å². The molecule has 23 heavy (non-hydrogen) atoms. The molecule has 112 valence electrons. The van der Waals surface area contributed by atoms with Crippen LogP contribution in [0.3, 0.4) is 0 Å². The first kappa shape index (κ1) is 14.8. The van der Waals surface area contributed by atoms with Crippen LogP contribution in [0.15, 0.2) is 60.7 Å². The fourth-order valence-corrected chi connectivity index (χ4v) is 2.39. The van der Waals surface area contributed by atoms with Gasteiger partial charge in [0.2, 0.25) is 0 Å². The molecule has 1 amide bonds. The summed E-state index contributed by atoms with van der Waals surface area (Å²) in [5.74, 6) is 11.2. The number of hydrazine groups is 1. The SMILES string of the molecule is Cc1ccc(C(=O)NN)cc1C#Cc1ccc2ccccc2c1. The van der Waals surface area contributed by atoms with Gasteiger partial charge in [-0.3, -0.25) is 10.2 Å². The minimum Gasteiger partial charge on any atom is -0.290 e. The Balaban J connectivity index is 1.98. The molecule has 0 heterocycles. The summed E-state index contributed by atoms with van der Waals surface area (Å²) in [5, 5.41) is 2.35. The van der Waals surface area contributed by atoms with Crippen molar-refractivity contribution in [2.75, 3.05) is 0 Å². The number of rotatable bonds is 1. The zero-order valence-corrected chi connectivity index (χ0v) is 12.8. The van der Waals surface area contributed by atoms with Crippen LogP contribution < -0.4 is 11.3 Å². The van der Waals surface area contributed by atoms with E-state index in [1.807, 2.05) is 31.2 Å². The predicted molar refractivity (Wildman–Crippen MR) is 92.8 cm³/mol.